The zero-order chi connectivity index (χ0) is 18.1. The molecule has 0 saturated carbocycles. The van der Waals surface area contributed by atoms with Gasteiger partial charge in [-0.05, 0) is 43.4 Å². The van der Waals surface area contributed by atoms with E-state index in [0.29, 0.717) is 18.9 Å². The molecule has 0 fully saturated rings. The normalized spacial score (nSPS) is 10.5. The Kier molecular flexibility index (Phi) is 7.49. The number of halogens is 1. The molecule has 25 heavy (non-hydrogen) atoms. The number of likely N-dealkylation sites (N-methyl/N-ethyl adjacent to an activating group) is 1. The van der Waals surface area contributed by atoms with E-state index in [1.165, 1.54) is 6.26 Å². The molecule has 0 radical (unpaired) electrons. The summed E-state index contributed by atoms with van der Waals surface area (Å²) in [7, 11) is 1.78. The molecule has 7 nitrogen and oxygen atoms in total. The van der Waals surface area contributed by atoms with Gasteiger partial charge >= 0.3 is 6.03 Å². The van der Waals surface area contributed by atoms with Crippen molar-refractivity contribution in [1.29, 1.82) is 0 Å². The molecule has 0 aliphatic heterocycles. The fourth-order valence-electron chi connectivity index (χ4n) is 1.97. The monoisotopic (exact) mass is 409 g/mol. The number of ether oxygens (including phenoxy) is 1. The van der Waals surface area contributed by atoms with Gasteiger partial charge in [0.2, 0.25) is 5.91 Å². The maximum atomic E-state index is 11.8. The smallest absolute Gasteiger partial charge is 0.321 e. The number of hydrogen-bond acceptors (Lipinski definition) is 5. The second kappa shape index (κ2) is 9.85. The molecule has 0 aliphatic carbocycles. The fourth-order valence-corrected chi connectivity index (χ4v) is 2.23. The highest BCUT2D eigenvalue weighted by atomic mass is 79.9. The lowest BCUT2D eigenvalue weighted by atomic mass is 10.3. The molecule has 0 unspecified atom stereocenters. The van der Waals surface area contributed by atoms with E-state index in [2.05, 4.69) is 26.6 Å². The zero-order valence-electron chi connectivity index (χ0n) is 13.8. The van der Waals surface area contributed by atoms with Crippen LogP contribution in [-0.4, -0.2) is 43.6 Å². The summed E-state index contributed by atoms with van der Waals surface area (Å²) in [5.74, 6) is 0.992. The Balaban J connectivity index is 1.60. The molecule has 1 heterocycles. The van der Waals surface area contributed by atoms with Crippen LogP contribution >= 0.6 is 15.9 Å². The van der Waals surface area contributed by atoms with Gasteiger partial charge in [-0.2, -0.15) is 0 Å². The van der Waals surface area contributed by atoms with Gasteiger partial charge in [0, 0.05) is 11.0 Å². The SMILES string of the molecule is CN(CCOc1ccc(Br)cc1)CC(=O)NC(=O)NCc1ccco1. The minimum Gasteiger partial charge on any atom is -0.492 e. The summed E-state index contributed by atoms with van der Waals surface area (Å²) in [6.45, 7) is 1.31. The maximum absolute atomic E-state index is 11.8. The van der Waals surface area contributed by atoms with Crippen LogP contribution in [0.5, 0.6) is 5.75 Å². The van der Waals surface area contributed by atoms with Gasteiger partial charge in [0.25, 0.3) is 0 Å². The van der Waals surface area contributed by atoms with E-state index in [4.69, 9.17) is 9.15 Å². The van der Waals surface area contributed by atoms with Crippen molar-refractivity contribution in [2.45, 2.75) is 6.54 Å². The summed E-state index contributed by atoms with van der Waals surface area (Å²) in [6.07, 6.45) is 1.52. The molecular weight excluding hydrogens is 390 g/mol. The Bertz CT molecular complexity index is 674. The van der Waals surface area contributed by atoms with E-state index >= 15 is 0 Å². The van der Waals surface area contributed by atoms with Crippen LogP contribution in [0.4, 0.5) is 4.79 Å². The van der Waals surface area contributed by atoms with Crippen LogP contribution in [0.25, 0.3) is 0 Å². The van der Waals surface area contributed by atoms with Crippen molar-refractivity contribution < 1.29 is 18.7 Å². The van der Waals surface area contributed by atoms with Crippen molar-refractivity contribution in [1.82, 2.24) is 15.5 Å². The van der Waals surface area contributed by atoms with E-state index in [0.717, 1.165) is 10.2 Å². The number of carbonyl (C=O) groups is 2. The first kappa shape index (κ1) is 19.0. The van der Waals surface area contributed by atoms with E-state index < -0.39 is 6.03 Å². The molecule has 2 N–H and O–H groups in total. The minimum atomic E-state index is -0.555. The van der Waals surface area contributed by atoms with Crippen molar-refractivity contribution in [3.05, 3.63) is 52.9 Å². The van der Waals surface area contributed by atoms with Crippen molar-refractivity contribution in [3.63, 3.8) is 0 Å². The van der Waals surface area contributed by atoms with Crippen LogP contribution < -0.4 is 15.4 Å². The van der Waals surface area contributed by atoms with Crippen molar-refractivity contribution >= 4 is 27.9 Å². The highest BCUT2D eigenvalue weighted by Gasteiger charge is 2.10. The van der Waals surface area contributed by atoms with Crippen LogP contribution in [0.15, 0.2) is 51.6 Å². The van der Waals surface area contributed by atoms with Crippen molar-refractivity contribution in [2.24, 2.45) is 0 Å². The fraction of sp³-hybridized carbons (Fsp3) is 0.294. The first-order valence-corrected chi connectivity index (χ1v) is 8.49. The van der Waals surface area contributed by atoms with E-state index in [1.807, 2.05) is 24.3 Å². The number of nitrogens with one attached hydrogen (secondary N) is 2. The topological polar surface area (TPSA) is 83.8 Å². The molecule has 3 amide bonds. The van der Waals surface area contributed by atoms with Crippen molar-refractivity contribution in [3.8, 4) is 5.75 Å². The second-order valence-electron chi connectivity index (χ2n) is 5.35. The van der Waals surface area contributed by atoms with Gasteiger partial charge in [-0.1, -0.05) is 15.9 Å². The summed E-state index contributed by atoms with van der Waals surface area (Å²) in [4.78, 5) is 25.2. The molecule has 0 atom stereocenters. The molecule has 1 aromatic carbocycles. The number of rotatable bonds is 8. The highest BCUT2D eigenvalue weighted by Crippen LogP contribution is 2.15. The summed E-state index contributed by atoms with van der Waals surface area (Å²) < 4.78 is 11.7. The number of benzene rings is 1. The third-order valence-electron chi connectivity index (χ3n) is 3.23. The second-order valence-corrected chi connectivity index (χ2v) is 6.27. The zero-order valence-corrected chi connectivity index (χ0v) is 15.4. The molecule has 134 valence electrons. The molecular formula is C17H20BrN3O4. The third kappa shape index (κ3) is 7.40. The number of amides is 3. The summed E-state index contributed by atoms with van der Waals surface area (Å²) in [6, 6.07) is 10.4. The molecule has 0 saturated heterocycles. The van der Waals surface area contributed by atoms with Crippen molar-refractivity contribution in [2.75, 3.05) is 26.7 Å². The molecule has 2 rings (SSSR count). The van der Waals surface area contributed by atoms with Gasteiger partial charge in [0.05, 0.1) is 19.4 Å². The first-order valence-electron chi connectivity index (χ1n) is 7.70. The third-order valence-corrected chi connectivity index (χ3v) is 3.75. The van der Waals surface area contributed by atoms with Gasteiger partial charge in [0.15, 0.2) is 0 Å². The van der Waals surface area contributed by atoms with Crippen LogP contribution in [0.1, 0.15) is 5.76 Å². The minimum absolute atomic E-state index is 0.0951. The van der Waals surface area contributed by atoms with Crippen LogP contribution in [0, 0.1) is 0 Å². The lowest BCUT2D eigenvalue weighted by Gasteiger charge is -2.16. The summed E-state index contributed by atoms with van der Waals surface area (Å²) in [5, 5.41) is 4.82. The molecule has 8 heteroatoms. The largest absolute Gasteiger partial charge is 0.492 e. The molecule has 0 spiro atoms. The number of carbonyl (C=O) groups excluding carboxylic acids is 2. The van der Waals surface area contributed by atoms with E-state index in [9.17, 15) is 9.59 Å². The molecule has 2 aromatic rings. The summed E-state index contributed by atoms with van der Waals surface area (Å²) >= 11 is 3.36. The lowest BCUT2D eigenvalue weighted by Crippen LogP contribution is -2.44. The van der Waals surface area contributed by atoms with Crippen LogP contribution in [-0.2, 0) is 11.3 Å². The maximum Gasteiger partial charge on any atom is 0.321 e. The lowest BCUT2D eigenvalue weighted by molar-refractivity contribution is -0.120. The first-order chi connectivity index (χ1) is 12.0. The number of nitrogens with zero attached hydrogens (tertiary/aromatic N) is 1. The van der Waals surface area contributed by atoms with Crippen LogP contribution in [0.2, 0.25) is 0 Å². The van der Waals surface area contributed by atoms with Crippen LogP contribution in [0.3, 0.4) is 0 Å². The highest BCUT2D eigenvalue weighted by molar-refractivity contribution is 9.10. The Morgan fingerprint density at radius 1 is 1.24 bits per heavy atom. The Hall–Kier alpha value is -2.32. The quantitative estimate of drug-likeness (QED) is 0.698. The van der Waals surface area contributed by atoms with Gasteiger partial charge < -0.3 is 14.5 Å². The number of imide groups is 1. The van der Waals surface area contributed by atoms with E-state index in [-0.39, 0.29) is 19.0 Å². The number of hydrogen-bond donors (Lipinski definition) is 2. The predicted octanol–water partition coefficient (Wildman–Crippen LogP) is 2.38. The van der Waals surface area contributed by atoms with E-state index in [1.54, 1.807) is 24.1 Å². The Labute approximate surface area is 154 Å². The average Bonchev–Trinajstić information content (AvgIpc) is 3.08. The van der Waals surface area contributed by atoms with Gasteiger partial charge in [0.1, 0.15) is 18.1 Å². The Morgan fingerprint density at radius 3 is 2.68 bits per heavy atom. The number of furan rings is 1. The molecule has 0 bridgehead atoms. The standard InChI is InChI=1S/C17H20BrN3O4/c1-21(8-10-25-14-6-4-13(18)5-7-14)12-16(22)20-17(23)19-11-15-3-2-9-24-15/h2-7,9H,8,10-12H2,1H3,(H2,19,20,22,23). The summed E-state index contributed by atoms with van der Waals surface area (Å²) in [5.41, 5.74) is 0. The predicted molar refractivity (Wildman–Crippen MR) is 96.2 cm³/mol. The van der Waals surface area contributed by atoms with Gasteiger partial charge in [-0.25, -0.2) is 4.79 Å². The Morgan fingerprint density at radius 2 is 2.00 bits per heavy atom. The average molecular weight is 410 g/mol. The van der Waals surface area contributed by atoms with Gasteiger partial charge in [-0.15, -0.1) is 0 Å². The molecule has 1 aromatic heterocycles. The molecule has 0 aliphatic rings. The number of urea groups is 1. The van der Waals surface area contributed by atoms with Gasteiger partial charge in [-0.3, -0.25) is 15.0 Å².